The molecule has 0 saturated carbocycles. The van der Waals surface area contributed by atoms with Crippen molar-refractivity contribution < 1.29 is 14.6 Å². The van der Waals surface area contributed by atoms with Gasteiger partial charge in [0.05, 0.1) is 17.3 Å². The van der Waals surface area contributed by atoms with Crippen LogP contribution in [0, 0.1) is 24.1 Å². The van der Waals surface area contributed by atoms with Crippen molar-refractivity contribution in [3.05, 3.63) is 59.2 Å². The molecule has 3 aromatic rings. The minimum atomic E-state index is -0.749. The zero-order valence-electron chi connectivity index (χ0n) is 17.3. The van der Waals surface area contributed by atoms with E-state index in [4.69, 9.17) is 5.26 Å². The van der Waals surface area contributed by atoms with Gasteiger partial charge in [0.2, 0.25) is 5.88 Å². The first-order valence-corrected chi connectivity index (χ1v) is 9.93. The Kier molecular flexibility index (Phi) is 5.69. The van der Waals surface area contributed by atoms with Gasteiger partial charge in [-0.05, 0) is 49.4 Å². The fourth-order valence-corrected chi connectivity index (χ4v) is 3.71. The Morgan fingerprint density at radius 1 is 1.13 bits per heavy atom. The Morgan fingerprint density at radius 3 is 2.52 bits per heavy atom. The molecule has 0 bridgehead atoms. The molecule has 3 heterocycles. The Hall–Kier alpha value is -3.32. The minimum absolute atomic E-state index is 0.0516. The van der Waals surface area contributed by atoms with E-state index in [1.165, 1.54) is 23.0 Å². The summed E-state index contributed by atoms with van der Waals surface area (Å²) in [5.74, 6) is -0.479. The average Bonchev–Trinajstić information content (AvgIpc) is 3.16. The molecule has 1 saturated heterocycles. The number of hydrogen-bond donors (Lipinski definition) is 2. The van der Waals surface area contributed by atoms with Crippen molar-refractivity contribution in [2.24, 2.45) is 0 Å². The summed E-state index contributed by atoms with van der Waals surface area (Å²) in [6.45, 7) is 5.05. The summed E-state index contributed by atoms with van der Waals surface area (Å²) in [4.78, 5) is 8.54. The molecule has 0 aliphatic carbocycles. The second-order valence-corrected chi connectivity index (χ2v) is 7.72. The highest BCUT2D eigenvalue weighted by Crippen LogP contribution is 2.34. The molecule has 31 heavy (non-hydrogen) atoms. The molecule has 2 aromatic heterocycles. The summed E-state index contributed by atoms with van der Waals surface area (Å²) in [6.07, 6.45) is 2.24. The van der Waals surface area contributed by atoms with Crippen molar-refractivity contribution in [2.75, 3.05) is 33.2 Å². The minimum Gasteiger partial charge on any atom is -0.493 e. The van der Waals surface area contributed by atoms with Crippen molar-refractivity contribution in [3.8, 4) is 28.9 Å². The average molecular weight is 422 g/mol. The zero-order chi connectivity index (χ0) is 22.1. The third kappa shape index (κ3) is 4.01. The SMILES string of the molecule is Cc1cc(C#N)c(F)cc1-c1cnn(-c2ccc(C(O)N3CCN(C)CC3)cn2)c1O. The summed E-state index contributed by atoms with van der Waals surface area (Å²) < 4.78 is 15.3. The number of benzene rings is 1. The van der Waals surface area contributed by atoms with Crippen molar-refractivity contribution in [2.45, 2.75) is 13.2 Å². The molecule has 0 spiro atoms. The van der Waals surface area contributed by atoms with E-state index in [0.717, 1.165) is 26.2 Å². The van der Waals surface area contributed by atoms with Crippen LogP contribution < -0.4 is 0 Å². The highest BCUT2D eigenvalue weighted by Gasteiger charge is 2.23. The lowest BCUT2D eigenvalue weighted by molar-refractivity contribution is -0.0234. The largest absolute Gasteiger partial charge is 0.493 e. The number of hydrogen-bond acceptors (Lipinski definition) is 7. The quantitative estimate of drug-likeness (QED) is 0.665. The fourth-order valence-electron chi connectivity index (χ4n) is 3.71. The molecule has 1 aromatic carbocycles. The van der Waals surface area contributed by atoms with E-state index in [2.05, 4.69) is 22.0 Å². The van der Waals surface area contributed by atoms with Gasteiger partial charge in [-0.3, -0.25) is 4.90 Å². The van der Waals surface area contributed by atoms with Crippen LogP contribution in [0.1, 0.15) is 22.9 Å². The lowest BCUT2D eigenvalue weighted by Crippen LogP contribution is -2.45. The van der Waals surface area contributed by atoms with Gasteiger partial charge in [-0.15, -0.1) is 0 Å². The first-order chi connectivity index (χ1) is 14.9. The van der Waals surface area contributed by atoms with Gasteiger partial charge in [-0.25, -0.2) is 9.37 Å². The van der Waals surface area contributed by atoms with Crippen LogP contribution in [0.5, 0.6) is 5.88 Å². The standard InChI is InChI=1S/C22H23FN6O2/c1-14-9-16(11-24)19(23)10-17(14)18-13-26-29(22(18)31)20-4-3-15(12-25-20)21(30)28-7-5-27(2)6-8-28/h3-4,9-10,12-13,21,30-31H,5-8H2,1-2H3. The van der Waals surface area contributed by atoms with Crippen LogP contribution in [0.2, 0.25) is 0 Å². The van der Waals surface area contributed by atoms with Gasteiger partial charge >= 0.3 is 0 Å². The van der Waals surface area contributed by atoms with E-state index >= 15 is 0 Å². The number of piperazine rings is 1. The Labute approximate surface area is 179 Å². The molecule has 160 valence electrons. The summed E-state index contributed by atoms with van der Waals surface area (Å²) >= 11 is 0. The summed E-state index contributed by atoms with van der Waals surface area (Å²) in [7, 11) is 2.05. The van der Waals surface area contributed by atoms with Crippen LogP contribution >= 0.6 is 0 Å². The Bertz CT molecular complexity index is 1130. The Balaban J connectivity index is 1.58. The van der Waals surface area contributed by atoms with E-state index in [-0.39, 0.29) is 11.4 Å². The molecular weight excluding hydrogens is 399 g/mol. The van der Waals surface area contributed by atoms with Crippen LogP contribution in [0.4, 0.5) is 4.39 Å². The van der Waals surface area contributed by atoms with E-state index in [0.29, 0.717) is 28.1 Å². The molecule has 0 radical (unpaired) electrons. The third-order valence-electron chi connectivity index (χ3n) is 5.64. The normalized spacial score (nSPS) is 16.2. The van der Waals surface area contributed by atoms with Crippen molar-refractivity contribution >= 4 is 0 Å². The molecule has 9 heteroatoms. The first kappa shape index (κ1) is 20.9. The maximum Gasteiger partial charge on any atom is 0.223 e. The number of aromatic nitrogens is 3. The van der Waals surface area contributed by atoms with E-state index < -0.39 is 12.0 Å². The molecule has 1 atom stereocenters. The monoisotopic (exact) mass is 422 g/mol. The number of aryl methyl sites for hydroxylation is 1. The number of likely N-dealkylation sites (N-methyl/N-ethyl adjacent to an activating group) is 1. The molecule has 0 amide bonds. The summed E-state index contributed by atoms with van der Waals surface area (Å²) in [5.41, 5.74) is 2.03. The van der Waals surface area contributed by atoms with Gasteiger partial charge in [0, 0.05) is 37.9 Å². The summed E-state index contributed by atoms with van der Waals surface area (Å²) in [6, 6.07) is 7.88. The van der Waals surface area contributed by atoms with Crippen LogP contribution in [0.3, 0.4) is 0 Å². The van der Waals surface area contributed by atoms with Gasteiger partial charge in [0.25, 0.3) is 0 Å². The maximum atomic E-state index is 14.1. The summed E-state index contributed by atoms with van der Waals surface area (Å²) in [5, 5.41) is 34.5. The molecule has 1 fully saturated rings. The highest BCUT2D eigenvalue weighted by atomic mass is 19.1. The maximum absolute atomic E-state index is 14.1. The molecule has 4 rings (SSSR count). The smallest absolute Gasteiger partial charge is 0.223 e. The zero-order valence-corrected chi connectivity index (χ0v) is 17.3. The molecule has 1 aliphatic heterocycles. The van der Waals surface area contributed by atoms with Crippen LogP contribution in [0.15, 0.2) is 36.7 Å². The van der Waals surface area contributed by atoms with Crippen LogP contribution in [-0.2, 0) is 0 Å². The molecule has 1 unspecified atom stereocenters. The number of aromatic hydroxyl groups is 1. The topological polar surface area (TPSA) is 101 Å². The predicted octanol–water partition coefficient (Wildman–Crippen LogP) is 2.20. The van der Waals surface area contributed by atoms with Crippen LogP contribution in [-0.4, -0.2) is 68.0 Å². The van der Waals surface area contributed by atoms with E-state index in [1.54, 1.807) is 31.3 Å². The number of nitriles is 1. The fraction of sp³-hybridized carbons (Fsp3) is 0.318. The van der Waals surface area contributed by atoms with Crippen molar-refractivity contribution in [3.63, 3.8) is 0 Å². The van der Waals surface area contributed by atoms with Gasteiger partial charge in [0.1, 0.15) is 18.1 Å². The number of halogens is 1. The van der Waals surface area contributed by atoms with E-state index in [9.17, 15) is 14.6 Å². The van der Waals surface area contributed by atoms with E-state index in [1.807, 2.05) is 4.90 Å². The molecule has 8 nitrogen and oxygen atoms in total. The lowest BCUT2D eigenvalue weighted by Gasteiger charge is -2.35. The number of rotatable bonds is 4. The number of nitrogens with zero attached hydrogens (tertiary/aromatic N) is 6. The van der Waals surface area contributed by atoms with Crippen molar-refractivity contribution in [1.82, 2.24) is 24.6 Å². The van der Waals surface area contributed by atoms with Crippen molar-refractivity contribution in [1.29, 1.82) is 5.26 Å². The van der Waals surface area contributed by atoms with Gasteiger partial charge < -0.3 is 15.1 Å². The van der Waals surface area contributed by atoms with Crippen LogP contribution in [0.25, 0.3) is 16.9 Å². The number of pyridine rings is 1. The first-order valence-electron chi connectivity index (χ1n) is 9.93. The number of aliphatic hydroxyl groups excluding tert-OH is 1. The van der Waals surface area contributed by atoms with Gasteiger partial charge in [0.15, 0.2) is 5.82 Å². The Morgan fingerprint density at radius 2 is 1.87 bits per heavy atom. The molecular formula is C22H23FN6O2. The second kappa shape index (κ2) is 8.43. The lowest BCUT2D eigenvalue weighted by atomic mass is 10.0. The predicted molar refractivity (Wildman–Crippen MR) is 112 cm³/mol. The van der Waals surface area contributed by atoms with Gasteiger partial charge in [-0.1, -0.05) is 0 Å². The third-order valence-corrected chi connectivity index (χ3v) is 5.64. The molecule has 2 N–H and O–H groups in total. The highest BCUT2D eigenvalue weighted by molar-refractivity contribution is 5.72. The number of aliphatic hydroxyl groups is 1. The van der Waals surface area contributed by atoms with Gasteiger partial charge in [-0.2, -0.15) is 15.0 Å². The second-order valence-electron chi connectivity index (χ2n) is 7.72. The molecule has 1 aliphatic rings.